The van der Waals surface area contributed by atoms with Gasteiger partial charge in [-0.15, -0.1) is 0 Å². The molecule has 21 rings (SSSR count). The third-order valence-electron chi connectivity index (χ3n) is 25.7. The predicted octanol–water partition coefficient (Wildman–Crippen LogP) is 24.9. The average molecular weight is 1400 g/mol. The molecule has 14 aromatic rings. The first-order valence-electron chi connectivity index (χ1n) is 38.4. The molecule has 0 bridgehead atoms. The number of hydrogen-bond acceptors (Lipinski definition) is 6. The topological polar surface area (TPSA) is 102 Å². The van der Waals surface area contributed by atoms with Gasteiger partial charge in [-0.1, -0.05) is 223 Å². The molecular weight excluding hydrogens is 1330 g/mol. The molecule has 0 saturated heterocycles. The Hall–Kier alpha value is -12.9. The molecule has 0 heterocycles. The van der Waals surface area contributed by atoms with E-state index in [2.05, 4.69) is 144 Å². The minimum absolute atomic E-state index is 0.0241. The molecule has 518 valence electrons. The Morgan fingerprint density at radius 2 is 0.450 bits per heavy atom. The smallest absolute Gasteiger partial charge is 0.194 e. The van der Waals surface area contributed by atoms with E-state index in [1.54, 1.807) is 0 Å². The van der Waals surface area contributed by atoms with Gasteiger partial charge in [0, 0.05) is 66.8 Å². The molecule has 14 aromatic carbocycles. The number of hydrogen-bond donors (Lipinski definition) is 0. The van der Waals surface area contributed by atoms with Crippen LogP contribution in [0.5, 0.6) is 0 Å². The number of benzene rings is 14. The summed E-state index contributed by atoms with van der Waals surface area (Å²) in [6.07, 6.45) is 6.02. The molecule has 1 unspecified atom stereocenters. The van der Waals surface area contributed by atoms with Gasteiger partial charge in [-0.25, -0.2) is 0 Å². The highest BCUT2D eigenvalue weighted by molar-refractivity contribution is 6.27. The van der Waals surface area contributed by atoms with Gasteiger partial charge in [0.25, 0.3) is 0 Å². The van der Waals surface area contributed by atoms with Crippen molar-refractivity contribution in [2.45, 2.75) is 84.5 Å². The summed E-state index contributed by atoms with van der Waals surface area (Å²) in [7, 11) is 0. The number of fused-ring (bicyclic) bond motifs is 21. The van der Waals surface area contributed by atoms with Gasteiger partial charge < -0.3 is 0 Å². The summed E-state index contributed by atoms with van der Waals surface area (Å²) in [6.45, 7) is 11.1. The molecule has 1 atom stereocenters. The van der Waals surface area contributed by atoms with Gasteiger partial charge in [0.1, 0.15) is 0 Å². The highest BCUT2D eigenvalue weighted by Crippen LogP contribution is 2.51. The fraction of sp³-hybridized carbons (Fsp3) is 0.126. The van der Waals surface area contributed by atoms with Crippen LogP contribution in [0.25, 0.3) is 145 Å². The van der Waals surface area contributed by atoms with Crippen LogP contribution in [0.2, 0.25) is 0 Å². The molecule has 0 radical (unpaired) electrons. The molecular formula is C103H70O6. The maximum atomic E-state index is 14.6. The second kappa shape index (κ2) is 23.8. The van der Waals surface area contributed by atoms with Gasteiger partial charge in [-0.3, -0.25) is 28.8 Å². The van der Waals surface area contributed by atoms with Gasteiger partial charge in [-0.2, -0.15) is 0 Å². The number of carbonyl (C=O) groups excluding carboxylic acids is 6. The number of carbonyl (C=O) groups is 6. The zero-order valence-corrected chi connectivity index (χ0v) is 61.0. The quantitative estimate of drug-likeness (QED) is 0.114. The first-order chi connectivity index (χ1) is 53.1. The van der Waals surface area contributed by atoms with Crippen LogP contribution < -0.4 is 0 Å². The zero-order chi connectivity index (χ0) is 73.7. The van der Waals surface area contributed by atoms with Crippen LogP contribution >= 0.6 is 0 Å². The largest absolute Gasteiger partial charge is 0.289 e. The van der Waals surface area contributed by atoms with Crippen molar-refractivity contribution in [3.05, 3.63) is 344 Å². The molecule has 0 amide bonds. The summed E-state index contributed by atoms with van der Waals surface area (Å²) in [6, 6.07) is 86.7. The Labute approximate surface area is 632 Å². The van der Waals surface area contributed by atoms with E-state index in [1.165, 1.54) is 33.4 Å². The van der Waals surface area contributed by atoms with Gasteiger partial charge in [0.2, 0.25) is 0 Å². The SMILES string of the molecule is CCCC(CC)c1ccc2c(c1)C(=O)c1cc(-c3ccc4c(c3)C(=O)c3cc(-c5ccc6c(c5)C(=O)c5cc(-c7ccc8c(c7)C(=O)c7cc(-c9ccc%10c(c9)C(=O)c9cc(-c%11ccc%12c(c%11)Cc%11cc(-c%13ccc%14c(c%13)C(=O)c%13cc(C(C)(CC)CC)ccc%13-%14)ccc%11-%12)ccc9-%10)ccc7-8)ccc5-6)ccc3-4)ccc1-2. The highest BCUT2D eigenvalue weighted by Gasteiger charge is 2.37. The van der Waals surface area contributed by atoms with Crippen molar-refractivity contribution in [1.29, 1.82) is 0 Å². The minimum Gasteiger partial charge on any atom is -0.289 e. The average Bonchev–Trinajstić information content (AvgIpc) is 1.60. The summed E-state index contributed by atoms with van der Waals surface area (Å²) in [5.41, 5.74) is 37.2. The van der Waals surface area contributed by atoms with Crippen molar-refractivity contribution in [2.24, 2.45) is 0 Å². The lowest BCUT2D eigenvalue weighted by Gasteiger charge is -2.27. The van der Waals surface area contributed by atoms with Crippen molar-refractivity contribution >= 4 is 34.7 Å². The molecule has 6 heteroatoms. The fourth-order valence-electron chi connectivity index (χ4n) is 19.1. The van der Waals surface area contributed by atoms with Crippen LogP contribution in [0.15, 0.2) is 255 Å². The third-order valence-corrected chi connectivity index (χ3v) is 25.7. The Balaban J connectivity index is 0.485. The van der Waals surface area contributed by atoms with E-state index in [0.717, 1.165) is 189 Å². The van der Waals surface area contributed by atoms with E-state index < -0.39 is 0 Å². The molecule has 0 spiro atoms. The second-order valence-corrected chi connectivity index (χ2v) is 31.2. The van der Waals surface area contributed by atoms with E-state index in [1.807, 2.05) is 146 Å². The van der Waals surface area contributed by atoms with Crippen molar-refractivity contribution in [3.63, 3.8) is 0 Å². The Morgan fingerprint density at radius 1 is 0.239 bits per heavy atom. The van der Waals surface area contributed by atoms with E-state index in [-0.39, 0.29) is 40.1 Å². The lowest BCUT2D eigenvalue weighted by atomic mass is 9.77. The molecule has 0 aliphatic heterocycles. The van der Waals surface area contributed by atoms with Crippen molar-refractivity contribution in [1.82, 2.24) is 0 Å². The van der Waals surface area contributed by atoms with Crippen molar-refractivity contribution < 1.29 is 28.8 Å². The van der Waals surface area contributed by atoms with E-state index in [4.69, 9.17) is 0 Å². The van der Waals surface area contributed by atoms with Crippen LogP contribution in [0.1, 0.15) is 190 Å². The van der Waals surface area contributed by atoms with Crippen LogP contribution in [0.4, 0.5) is 0 Å². The molecule has 6 nitrogen and oxygen atoms in total. The zero-order valence-electron chi connectivity index (χ0n) is 61.0. The monoisotopic (exact) mass is 1400 g/mol. The molecule has 7 aliphatic rings. The van der Waals surface area contributed by atoms with Crippen LogP contribution in [0, 0.1) is 0 Å². The van der Waals surface area contributed by atoms with Crippen molar-refractivity contribution in [3.8, 4) is 145 Å². The molecule has 0 saturated carbocycles. The summed E-state index contributed by atoms with van der Waals surface area (Å²) in [5.74, 6) is 0.333. The lowest BCUT2D eigenvalue weighted by Crippen LogP contribution is -2.19. The van der Waals surface area contributed by atoms with Crippen LogP contribution in [0.3, 0.4) is 0 Å². The van der Waals surface area contributed by atoms with E-state index in [0.29, 0.717) is 56.0 Å². The minimum atomic E-state index is -0.0814. The Bertz CT molecular complexity index is 6620. The van der Waals surface area contributed by atoms with Crippen molar-refractivity contribution in [2.75, 3.05) is 0 Å². The van der Waals surface area contributed by atoms with Gasteiger partial charge in [-0.05, 0) is 283 Å². The lowest BCUT2D eigenvalue weighted by molar-refractivity contribution is 0.103. The molecule has 109 heavy (non-hydrogen) atoms. The summed E-state index contributed by atoms with van der Waals surface area (Å²) < 4.78 is 0. The van der Waals surface area contributed by atoms with Crippen LogP contribution in [-0.2, 0) is 11.8 Å². The molecule has 0 aromatic heterocycles. The molecule has 7 aliphatic carbocycles. The Morgan fingerprint density at radius 3 is 0.688 bits per heavy atom. The standard InChI is InChI=1S/C103H70O6/c1-6-10-54(7-2)57-13-27-73-75-30-16-60(45-87(75)97(104)85(73)42-57)62-18-32-77-79-34-20-64(49-91(79)99(106)89(77)47-62)66-22-36-81-82-37-23-67(52-94(82)101(108)93(81)51-66)65-21-35-80-78-33-19-63(48-90(78)100(107)92(80)50-65)61-17-31-76-74-28-14-58(43-86(74)98(105)88(76)46-61)55-11-25-71-68(39-55)41-69-40-56(12-26-72(69)71)59-15-29-83-84-38-24-70(103(5,8-3)9-4)53-96(84)102(109)95(83)44-59/h11-40,42-54H,6-10,41H2,1-5H3. The first kappa shape index (κ1) is 64.5. The molecule has 0 N–H and O–H groups in total. The molecule has 0 fully saturated rings. The van der Waals surface area contributed by atoms with Crippen LogP contribution in [-0.4, -0.2) is 34.7 Å². The first-order valence-corrected chi connectivity index (χ1v) is 38.4. The van der Waals surface area contributed by atoms with Gasteiger partial charge >= 0.3 is 0 Å². The second-order valence-electron chi connectivity index (χ2n) is 31.2. The summed E-state index contributed by atoms with van der Waals surface area (Å²) >= 11 is 0. The van der Waals surface area contributed by atoms with E-state index in [9.17, 15) is 28.8 Å². The van der Waals surface area contributed by atoms with E-state index >= 15 is 0 Å². The maximum Gasteiger partial charge on any atom is 0.194 e. The normalized spacial score (nSPS) is 14.0. The summed E-state index contributed by atoms with van der Waals surface area (Å²) in [4.78, 5) is 86.2. The fourth-order valence-corrected chi connectivity index (χ4v) is 19.1. The Kier molecular flexibility index (Phi) is 14.1. The number of rotatable bonds is 13. The summed E-state index contributed by atoms with van der Waals surface area (Å²) in [5, 5.41) is 0. The number of ketones is 6. The third kappa shape index (κ3) is 9.53. The highest BCUT2D eigenvalue weighted by atomic mass is 16.1. The van der Waals surface area contributed by atoms with Gasteiger partial charge in [0.05, 0.1) is 0 Å². The van der Waals surface area contributed by atoms with Gasteiger partial charge in [0.15, 0.2) is 34.7 Å². The maximum absolute atomic E-state index is 14.6. The predicted molar refractivity (Wildman–Crippen MR) is 436 cm³/mol.